The van der Waals surface area contributed by atoms with E-state index < -0.39 is 9.84 Å². The fourth-order valence-electron chi connectivity index (χ4n) is 4.21. The molecule has 2 N–H and O–H groups in total. The molecule has 2 aromatic heterocycles. The first-order valence-electron chi connectivity index (χ1n) is 10.8. The van der Waals surface area contributed by atoms with Crippen molar-refractivity contribution in [1.29, 1.82) is 0 Å². The van der Waals surface area contributed by atoms with Gasteiger partial charge in [0.05, 0.1) is 32.7 Å². The van der Waals surface area contributed by atoms with Gasteiger partial charge in [0.25, 0.3) is 0 Å². The van der Waals surface area contributed by atoms with Gasteiger partial charge in [-0.25, -0.2) is 18.4 Å². The number of nitrogens with zero attached hydrogens (tertiary/aromatic N) is 3. The van der Waals surface area contributed by atoms with E-state index in [4.69, 9.17) is 0 Å². The third-order valence-corrected chi connectivity index (χ3v) is 8.08. The number of aromatic amines is 1. The van der Waals surface area contributed by atoms with Gasteiger partial charge in [-0.1, -0.05) is 17.4 Å². The molecule has 1 aliphatic rings. The Balaban J connectivity index is 1.19. The molecule has 0 aliphatic carbocycles. The van der Waals surface area contributed by atoms with E-state index in [-0.39, 0.29) is 16.7 Å². The third-order valence-electron chi connectivity index (χ3n) is 6.04. The molecule has 0 atom stereocenters. The van der Waals surface area contributed by atoms with E-state index in [0.29, 0.717) is 10.6 Å². The lowest BCUT2D eigenvalue weighted by Crippen LogP contribution is -2.38. The molecule has 3 heterocycles. The lowest BCUT2D eigenvalue weighted by Gasteiger charge is -2.30. The van der Waals surface area contributed by atoms with Crippen LogP contribution in [0.1, 0.15) is 24.2 Å². The number of carbonyl (C=O) groups is 1. The van der Waals surface area contributed by atoms with Gasteiger partial charge in [0, 0.05) is 12.2 Å². The Bertz CT molecular complexity index is 1450. The topological polar surface area (TPSA) is 108 Å². The summed E-state index contributed by atoms with van der Waals surface area (Å²) in [6, 6.07) is 11.0. The molecule has 0 bridgehead atoms. The molecular formula is C23H25N5O3S2. The van der Waals surface area contributed by atoms with E-state index in [1.165, 1.54) is 23.2 Å². The molecule has 1 saturated heterocycles. The Kier molecular flexibility index (Phi) is 5.67. The van der Waals surface area contributed by atoms with Gasteiger partial charge in [-0.15, -0.1) is 0 Å². The van der Waals surface area contributed by atoms with E-state index >= 15 is 0 Å². The Morgan fingerprint density at radius 1 is 1.15 bits per heavy atom. The number of anilines is 1. The zero-order valence-electron chi connectivity index (χ0n) is 18.5. The Labute approximate surface area is 196 Å². The molecule has 0 unspecified atom stereocenters. The number of nitrogens with one attached hydrogen (secondary N) is 2. The first kappa shape index (κ1) is 22.0. The molecule has 0 saturated carbocycles. The highest BCUT2D eigenvalue weighted by molar-refractivity contribution is 7.90. The van der Waals surface area contributed by atoms with Gasteiger partial charge in [-0.2, -0.15) is 0 Å². The highest BCUT2D eigenvalue weighted by atomic mass is 32.2. The smallest absolute Gasteiger partial charge is 0.229 e. The van der Waals surface area contributed by atoms with Crippen LogP contribution in [-0.4, -0.2) is 53.5 Å². The predicted octanol–water partition coefficient (Wildman–Crippen LogP) is 3.74. The van der Waals surface area contributed by atoms with E-state index in [2.05, 4.69) is 44.2 Å². The Morgan fingerprint density at radius 2 is 1.91 bits per heavy atom. The number of hydrogen-bond donors (Lipinski definition) is 2. The molecule has 8 nitrogen and oxygen atoms in total. The van der Waals surface area contributed by atoms with Crippen molar-refractivity contribution in [2.45, 2.75) is 31.2 Å². The van der Waals surface area contributed by atoms with Crippen LogP contribution in [0.25, 0.3) is 21.3 Å². The van der Waals surface area contributed by atoms with Crippen LogP contribution < -0.4 is 5.32 Å². The van der Waals surface area contributed by atoms with E-state index in [0.717, 1.165) is 54.0 Å². The number of rotatable bonds is 5. The summed E-state index contributed by atoms with van der Waals surface area (Å²) in [5.41, 5.74) is 3.91. The largest absolute Gasteiger partial charge is 0.341 e. The molecule has 33 heavy (non-hydrogen) atoms. The second-order valence-electron chi connectivity index (χ2n) is 8.66. The van der Waals surface area contributed by atoms with Gasteiger partial charge in [-0.05, 0) is 68.8 Å². The number of fused-ring (bicyclic) bond motifs is 2. The summed E-state index contributed by atoms with van der Waals surface area (Å²) in [6.07, 6.45) is 2.72. The molecule has 2 aromatic carbocycles. The number of amides is 1. The maximum Gasteiger partial charge on any atom is 0.229 e. The standard InChI is InChI=1S/C23H25N5O3S2/c1-14-3-5-17-19(11-14)25-21(24-17)13-28-9-7-15(8-10-28)22(29)27-23-26-18-6-4-16(33(2,30)31)12-20(18)32-23/h3-6,11-12,15H,7-10,13H2,1-2H3,(H,24,25)(H,26,27,29). The van der Waals surface area contributed by atoms with Crippen LogP contribution in [0.15, 0.2) is 41.3 Å². The molecule has 5 rings (SSSR count). The fourth-order valence-corrected chi connectivity index (χ4v) is 5.84. The van der Waals surface area contributed by atoms with E-state index in [1.807, 2.05) is 6.07 Å². The molecule has 0 radical (unpaired) electrons. The van der Waals surface area contributed by atoms with Crippen LogP contribution in [0.5, 0.6) is 0 Å². The van der Waals surface area contributed by atoms with E-state index in [9.17, 15) is 13.2 Å². The molecule has 1 amide bonds. The van der Waals surface area contributed by atoms with Crippen LogP contribution in [0.4, 0.5) is 5.13 Å². The lowest BCUT2D eigenvalue weighted by atomic mass is 9.96. The second kappa shape index (κ2) is 8.51. The van der Waals surface area contributed by atoms with Crippen LogP contribution in [0, 0.1) is 12.8 Å². The summed E-state index contributed by atoms with van der Waals surface area (Å²) in [4.78, 5) is 27.9. The summed E-state index contributed by atoms with van der Waals surface area (Å²) in [6.45, 7) is 4.46. The van der Waals surface area contributed by atoms with Crippen molar-refractivity contribution in [2.24, 2.45) is 5.92 Å². The lowest BCUT2D eigenvalue weighted by molar-refractivity contribution is -0.121. The average molecular weight is 484 g/mol. The average Bonchev–Trinajstić information content (AvgIpc) is 3.35. The number of likely N-dealkylation sites (tertiary alicyclic amines) is 1. The Morgan fingerprint density at radius 3 is 2.67 bits per heavy atom. The molecule has 1 aliphatic heterocycles. The summed E-state index contributed by atoms with van der Waals surface area (Å²) >= 11 is 1.29. The van der Waals surface area contributed by atoms with Gasteiger partial charge in [-0.3, -0.25) is 9.69 Å². The first-order chi connectivity index (χ1) is 15.7. The van der Waals surface area contributed by atoms with Crippen LogP contribution >= 0.6 is 11.3 Å². The van der Waals surface area contributed by atoms with Gasteiger partial charge >= 0.3 is 0 Å². The van der Waals surface area contributed by atoms with Crippen molar-refractivity contribution in [1.82, 2.24) is 19.9 Å². The predicted molar refractivity (Wildman–Crippen MR) is 130 cm³/mol. The van der Waals surface area contributed by atoms with Crippen molar-refractivity contribution < 1.29 is 13.2 Å². The number of sulfone groups is 1. The first-order valence-corrected chi connectivity index (χ1v) is 13.5. The summed E-state index contributed by atoms with van der Waals surface area (Å²) in [5.74, 6) is 0.843. The summed E-state index contributed by atoms with van der Waals surface area (Å²) in [7, 11) is -3.28. The number of imidazole rings is 1. The maximum absolute atomic E-state index is 12.8. The number of benzene rings is 2. The molecule has 0 spiro atoms. The van der Waals surface area contributed by atoms with Crippen LogP contribution in [-0.2, 0) is 21.2 Å². The highest BCUT2D eigenvalue weighted by Crippen LogP contribution is 2.29. The maximum atomic E-state index is 12.8. The van der Waals surface area contributed by atoms with Gasteiger partial charge in [0.2, 0.25) is 5.91 Å². The monoisotopic (exact) mass is 483 g/mol. The second-order valence-corrected chi connectivity index (χ2v) is 11.7. The number of piperidine rings is 1. The minimum atomic E-state index is -3.28. The van der Waals surface area contributed by atoms with Crippen molar-refractivity contribution in [3.63, 3.8) is 0 Å². The van der Waals surface area contributed by atoms with Crippen molar-refractivity contribution in [3.05, 3.63) is 47.8 Å². The number of H-pyrrole nitrogens is 1. The molecule has 4 aromatic rings. The fraction of sp³-hybridized carbons (Fsp3) is 0.348. The number of carbonyl (C=O) groups excluding carboxylic acids is 1. The zero-order valence-corrected chi connectivity index (χ0v) is 20.1. The summed E-state index contributed by atoms with van der Waals surface area (Å²) in [5, 5.41) is 3.43. The minimum Gasteiger partial charge on any atom is -0.341 e. The van der Waals surface area contributed by atoms with Gasteiger partial charge < -0.3 is 10.3 Å². The highest BCUT2D eigenvalue weighted by Gasteiger charge is 2.26. The number of thiazole rings is 1. The third kappa shape index (κ3) is 4.78. The van der Waals surface area contributed by atoms with Gasteiger partial charge in [0.1, 0.15) is 5.82 Å². The quantitative estimate of drug-likeness (QED) is 0.448. The van der Waals surface area contributed by atoms with Crippen molar-refractivity contribution in [2.75, 3.05) is 24.7 Å². The number of aryl methyl sites for hydroxylation is 1. The Hall–Kier alpha value is -2.82. The van der Waals surface area contributed by atoms with Crippen molar-refractivity contribution in [3.8, 4) is 0 Å². The summed E-state index contributed by atoms with van der Waals surface area (Å²) < 4.78 is 24.3. The van der Waals surface area contributed by atoms with Crippen molar-refractivity contribution >= 4 is 53.5 Å². The molecular weight excluding hydrogens is 458 g/mol. The number of aromatic nitrogens is 3. The number of hydrogen-bond acceptors (Lipinski definition) is 7. The molecule has 1 fully saturated rings. The van der Waals surface area contributed by atoms with Crippen LogP contribution in [0.3, 0.4) is 0 Å². The SMILES string of the molecule is Cc1ccc2nc(CN3CCC(C(=O)Nc4nc5ccc(S(C)(=O)=O)cc5s4)CC3)[nH]c2c1. The molecule has 172 valence electrons. The minimum absolute atomic E-state index is 0.0312. The van der Waals surface area contributed by atoms with E-state index in [1.54, 1.807) is 18.2 Å². The zero-order chi connectivity index (χ0) is 23.2. The van der Waals surface area contributed by atoms with Crippen LogP contribution in [0.2, 0.25) is 0 Å². The van der Waals surface area contributed by atoms with Gasteiger partial charge in [0.15, 0.2) is 15.0 Å². The molecule has 10 heteroatoms. The normalized spacial score (nSPS) is 15.9.